The Kier molecular flexibility index (Phi) is 5.08. The van der Waals surface area contributed by atoms with Crippen LogP contribution in [0.2, 0.25) is 0 Å². The summed E-state index contributed by atoms with van der Waals surface area (Å²) < 4.78 is 10.9. The molecule has 4 heteroatoms. The van der Waals surface area contributed by atoms with E-state index in [9.17, 15) is 4.79 Å². The molecule has 0 saturated heterocycles. The van der Waals surface area contributed by atoms with Crippen LogP contribution in [0, 0.1) is 5.92 Å². The zero-order valence-corrected chi connectivity index (χ0v) is 14.8. The first kappa shape index (κ1) is 17.1. The van der Waals surface area contributed by atoms with Crippen molar-refractivity contribution in [2.24, 2.45) is 5.92 Å². The lowest BCUT2D eigenvalue weighted by Crippen LogP contribution is -2.29. The molecule has 1 atom stereocenters. The normalized spacial score (nSPS) is 12.3. The number of methoxy groups -OCH3 is 1. The van der Waals surface area contributed by atoms with Gasteiger partial charge < -0.3 is 14.5 Å². The number of ether oxygens (including phenoxy) is 1. The highest BCUT2D eigenvalue weighted by Gasteiger charge is 2.19. The van der Waals surface area contributed by atoms with Crippen LogP contribution < -0.4 is 10.1 Å². The van der Waals surface area contributed by atoms with Crippen LogP contribution in [0.25, 0.3) is 11.0 Å². The standard InChI is InChI=1S/C21H23NO3/c1-14(2)12-18(15-8-10-17(24-3)11-9-15)22-21(23)20-13-16-6-4-5-7-19(16)25-20/h4-11,13-14,18H,12H2,1-3H3,(H,22,23). The summed E-state index contributed by atoms with van der Waals surface area (Å²) >= 11 is 0. The maximum atomic E-state index is 12.7. The highest BCUT2D eigenvalue weighted by atomic mass is 16.5. The second kappa shape index (κ2) is 7.43. The summed E-state index contributed by atoms with van der Waals surface area (Å²) in [4.78, 5) is 12.7. The van der Waals surface area contributed by atoms with Gasteiger partial charge in [0.25, 0.3) is 5.91 Å². The molecule has 0 bridgehead atoms. The lowest BCUT2D eigenvalue weighted by Gasteiger charge is -2.21. The highest BCUT2D eigenvalue weighted by molar-refractivity contribution is 5.96. The van der Waals surface area contributed by atoms with E-state index < -0.39 is 0 Å². The third kappa shape index (κ3) is 4.02. The van der Waals surface area contributed by atoms with Gasteiger partial charge in [-0.05, 0) is 42.2 Å². The molecule has 0 aliphatic carbocycles. The van der Waals surface area contributed by atoms with E-state index in [1.54, 1.807) is 13.2 Å². The van der Waals surface area contributed by atoms with E-state index >= 15 is 0 Å². The van der Waals surface area contributed by atoms with E-state index in [-0.39, 0.29) is 11.9 Å². The van der Waals surface area contributed by atoms with E-state index in [4.69, 9.17) is 9.15 Å². The third-order valence-corrected chi connectivity index (χ3v) is 4.18. The SMILES string of the molecule is COc1ccc(C(CC(C)C)NC(=O)c2cc3ccccc3o2)cc1. The highest BCUT2D eigenvalue weighted by Crippen LogP contribution is 2.25. The Bertz CT molecular complexity index is 816. The molecule has 0 aliphatic rings. The number of para-hydroxylation sites is 1. The minimum absolute atomic E-state index is 0.0772. The molecule has 1 heterocycles. The van der Waals surface area contributed by atoms with Crippen LogP contribution in [-0.4, -0.2) is 13.0 Å². The van der Waals surface area contributed by atoms with Crippen LogP contribution in [-0.2, 0) is 0 Å². The summed E-state index contributed by atoms with van der Waals surface area (Å²) in [6.07, 6.45) is 0.846. The average Bonchev–Trinajstić information content (AvgIpc) is 3.05. The van der Waals surface area contributed by atoms with Gasteiger partial charge in [-0.15, -0.1) is 0 Å². The molecule has 2 aromatic carbocycles. The number of hydrogen-bond donors (Lipinski definition) is 1. The molecule has 130 valence electrons. The third-order valence-electron chi connectivity index (χ3n) is 4.18. The topological polar surface area (TPSA) is 51.5 Å². The van der Waals surface area contributed by atoms with E-state index in [0.29, 0.717) is 11.7 Å². The Labute approximate surface area is 147 Å². The predicted molar refractivity (Wildman–Crippen MR) is 98.9 cm³/mol. The monoisotopic (exact) mass is 337 g/mol. The minimum Gasteiger partial charge on any atom is -0.497 e. The maximum absolute atomic E-state index is 12.7. The quantitative estimate of drug-likeness (QED) is 0.692. The second-order valence-corrected chi connectivity index (χ2v) is 6.58. The van der Waals surface area contributed by atoms with Gasteiger partial charge in [-0.3, -0.25) is 4.79 Å². The molecule has 1 N–H and O–H groups in total. The zero-order valence-electron chi connectivity index (χ0n) is 14.8. The molecule has 0 fully saturated rings. The number of rotatable bonds is 6. The van der Waals surface area contributed by atoms with Gasteiger partial charge in [-0.1, -0.05) is 44.2 Å². The van der Waals surface area contributed by atoms with E-state index in [0.717, 1.165) is 28.7 Å². The lowest BCUT2D eigenvalue weighted by atomic mass is 9.96. The number of nitrogens with one attached hydrogen (secondary N) is 1. The van der Waals surface area contributed by atoms with Crippen molar-refractivity contribution in [1.29, 1.82) is 0 Å². The molecule has 0 saturated carbocycles. The van der Waals surface area contributed by atoms with Gasteiger partial charge in [0, 0.05) is 5.39 Å². The van der Waals surface area contributed by atoms with Crippen molar-refractivity contribution < 1.29 is 13.9 Å². The predicted octanol–water partition coefficient (Wildman–Crippen LogP) is 4.96. The van der Waals surface area contributed by atoms with E-state index in [2.05, 4.69) is 19.2 Å². The largest absolute Gasteiger partial charge is 0.497 e. The summed E-state index contributed by atoms with van der Waals surface area (Å²) in [5.74, 6) is 1.39. The Hall–Kier alpha value is -2.75. The molecule has 1 aromatic heterocycles. The lowest BCUT2D eigenvalue weighted by molar-refractivity contribution is 0.0906. The Morgan fingerprint density at radius 2 is 1.84 bits per heavy atom. The Morgan fingerprint density at radius 1 is 1.12 bits per heavy atom. The molecule has 0 spiro atoms. The van der Waals surface area contributed by atoms with Crippen molar-refractivity contribution in [3.05, 3.63) is 65.9 Å². The zero-order chi connectivity index (χ0) is 17.8. The smallest absolute Gasteiger partial charge is 0.287 e. The number of fused-ring (bicyclic) bond motifs is 1. The van der Waals surface area contributed by atoms with Crippen LogP contribution in [0.1, 0.15) is 42.4 Å². The fraction of sp³-hybridized carbons (Fsp3) is 0.286. The van der Waals surface area contributed by atoms with Crippen molar-refractivity contribution in [3.63, 3.8) is 0 Å². The molecule has 3 rings (SSSR count). The van der Waals surface area contributed by atoms with Crippen molar-refractivity contribution in [2.75, 3.05) is 7.11 Å². The van der Waals surface area contributed by atoms with Crippen molar-refractivity contribution in [1.82, 2.24) is 5.32 Å². The van der Waals surface area contributed by atoms with Gasteiger partial charge in [0.1, 0.15) is 11.3 Å². The van der Waals surface area contributed by atoms with E-state index in [1.807, 2.05) is 48.5 Å². The molecular weight excluding hydrogens is 314 g/mol. The summed E-state index contributed by atoms with van der Waals surface area (Å²) in [5, 5.41) is 4.03. The number of carbonyl (C=O) groups excluding carboxylic acids is 1. The Morgan fingerprint density at radius 3 is 2.48 bits per heavy atom. The molecule has 0 aliphatic heterocycles. The number of carbonyl (C=O) groups is 1. The van der Waals surface area contributed by atoms with Crippen LogP contribution in [0.3, 0.4) is 0 Å². The van der Waals surface area contributed by atoms with Gasteiger partial charge in [-0.25, -0.2) is 0 Å². The van der Waals surface area contributed by atoms with Gasteiger partial charge >= 0.3 is 0 Å². The minimum atomic E-state index is -0.197. The first-order valence-corrected chi connectivity index (χ1v) is 8.50. The molecule has 0 radical (unpaired) electrons. The van der Waals surface area contributed by atoms with Gasteiger partial charge in [-0.2, -0.15) is 0 Å². The maximum Gasteiger partial charge on any atom is 0.287 e. The van der Waals surface area contributed by atoms with Crippen molar-refractivity contribution in [3.8, 4) is 5.75 Å². The molecule has 25 heavy (non-hydrogen) atoms. The first-order chi connectivity index (χ1) is 12.1. The van der Waals surface area contributed by atoms with Gasteiger partial charge in [0.15, 0.2) is 5.76 Å². The van der Waals surface area contributed by atoms with Gasteiger partial charge in [0.05, 0.1) is 13.2 Å². The molecule has 4 nitrogen and oxygen atoms in total. The molecular formula is C21H23NO3. The van der Waals surface area contributed by atoms with Crippen molar-refractivity contribution >= 4 is 16.9 Å². The summed E-state index contributed by atoms with van der Waals surface area (Å²) in [6.45, 7) is 4.29. The van der Waals surface area contributed by atoms with Crippen LogP contribution in [0.5, 0.6) is 5.75 Å². The number of benzene rings is 2. The fourth-order valence-corrected chi connectivity index (χ4v) is 2.91. The second-order valence-electron chi connectivity index (χ2n) is 6.58. The Balaban J connectivity index is 1.82. The van der Waals surface area contributed by atoms with Gasteiger partial charge in [0.2, 0.25) is 0 Å². The molecule has 1 unspecified atom stereocenters. The van der Waals surface area contributed by atoms with Crippen molar-refractivity contribution in [2.45, 2.75) is 26.3 Å². The number of amides is 1. The average molecular weight is 337 g/mol. The molecule has 3 aromatic rings. The van der Waals surface area contributed by atoms with Crippen LogP contribution in [0.15, 0.2) is 59.0 Å². The summed E-state index contributed by atoms with van der Waals surface area (Å²) in [5.41, 5.74) is 1.77. The van der Waals surface area contributed by atoms with Crippen LogP contribution >= 0.6 is 0 Å². The summed E-state index contributed by atoms with van der Waals surface area (Å²) in [7, 11) is 1.64. The first-order valence-electron chi connectivity index (χ1n) is 8.50. The number of furan rings is 1. The molecule has 1 amide bonds. The fourth-order valence-electron chi connectivity index (χ4n) is 2.91. The summed E-state index contributed by atoms with van der Waals surface area (Å²) in [6, 6.07) is 17.1. The number of hydrogen-bond acceptors (Lipinski definition) is 3. The van der Waals surface area contributed by atoms with E-state index in [1.165, 1.54) is 0 Å². The van der Waals surface area contributed by atoms with Crippen LogP contribution in [0.4, 0.5) is 0 Å².